The predicted molar refractivity (Wildman–Crippen MR) is 116 cm³/mol. The van der Waals surface area contributed by atoms with Gasteiger partial charge in [-0.25, -0.2) is 4.98 Å². The first-order valence-corrected chi connectivity index (χ1v) is 9.91. The Hall–Kier alpha value is -3.16. The molecule has 1 amide bonds. The Balaban J connectivity index is 1.78. The number of nitrogens with zero attached hydrogens (tertiary/aromatic N) is 1. The fourth-order valence-electron chi connectivity index (χ4n) is 3.07. The van der Waals surface area contributed by atoms with E-state index in [4.69, 9.17) is 16.3 Å². The Kier molecular flexibility index (Phi) is 5.08. The van der Waals surface area contributed by atoms with E-state index in [0.717, 1.165) is 0 Å². The molecule has 0 spiro atoms. The Morgan fingerprint density at radius 3 is 2.66 bits per heavy atom. The molecule has 2 aromatic carbocycles. The van der Waals surface area contributed by atoms with E-state index in [9.17, 15) is 9.59 Å². The fourth-order valence-corrected chi connectivity index (χ4v) is 4.37. The molecular weight excluding hydrogens is 410 g/mol. The molecule has 0 saturated heterocycles. The van der Waals surface area contributed by atoms with E-state index in [1.165, 1.54) is 18.4 Å². The number of fused-ring (bicyclic) bond motifs is 1. The van der Waals surface area contributed by atoms with E-state index in [1.807, 2.05) is 12.1 Å². The van der Waals surface area contributed by atoms with Crippen LogP contribution in [0.2, 0.25) is 5.02 Å². The number of methoxy groups -OCH3 is 1. The molecule has 6 nitrogen and oxygen atoms in total. The molecule has 4 rings (SSSR count). The SMILES string of the molecule is COc1ccccc1NC(=O)c1sc2nc(-c3ccccc3Cl)[nH]c(=O)c2c1C. The van der Waals surface area contributed by atoms with Gasteiger partial charge in [0.05, 0.1) is 28.1 Å². The van der Waals surface area contributed by atoms with Gasteiger partial charge in [0, 0.05) is 5.56 Å². The minimum absolute atomic E-state index is 0.310. The first-order valence-electron chi connectivity index (χ1n) is 8.72. The van der Waals surface area contributed by atoms with Crippen LogP contribution in [0, 0.1) is 6.92 Å². The second-order valence-corrected chi connectivity index (χ2v) is 7.69. The largest absolute Gasteiger partial charge is 0.495 e. The smallest absolute Gasteiger partial charge is 0.266 e. The molecular formula is C21H16ClN3O3S. The van der Waals surface area contributed by atoms with Crippen LogP contribution in [-0.4, -0.2) is 23.0 Å². The lowest BCUT2D eigenvalue weighted by Gasteiger charge is -2.09. The molecule has 0 aliphatic rings. The number of thiophene rings is 1. The quantitative estimate of drug-likeness (QED) is 0.488. The number of aromatic amines is 1. The monoisotopic (exact) mass is 425 g/mol. The van der Waals surface area contributed by atoms with Crippen molar-refractivity contribution in [1.29, 1.82) is 0 Å². The van der Waals surface area contributed by atoms with Crippen molar-refractivity contribution in [3.63, 3.8) is 0 Å². The molecule has 29 heavy (non-hydrogen) atoms. The molecule has 4 aromatic rings. The zero-order valence-electron chi connectivity index (χ0n) is 15.6. The molecule has 0 saturated carbocycles. The lowest BCUT2D eigenvalue weighted by molar-refractivity contribution is 0.102. The van der Waals surface area contributed by atoms with Gasteiger partial charge in [-0.1, -0.05) is 35.9 Å². The number of para-hydroxylation sites is 2. The minimum atomic E-state index is -0.325. The average Bonchev–Trinajstić information content (AvgIpc) is 3.05. The van der Waals surface area contributed by atoms with Crippen molar-refractivity contribution in [1.82, 2.24) is 9.97 Å². The van der Waals surface area contributed by atoms with Crippen molar-refractivity contribution < 1.29 is 9.53 Å². The third kappa shape index (κ3) is 3.50. The predicted octanol–water partition coefficient (Wildman–Crippen LogP) is 4.87. The molecule has 2 heterocycles. The van der Waals surface area contributed by atoms with Gasteiger partial charge < -0.3 is 15.0 Å². The summed E-state index contributed by atoms with van der Waals surface area (Å²) in [5, 5.41) is 3.72. The summed E-state index contributed by atoms with van der Waals surface area (Å²) in [5.74, 6) is 0.594. The minimum Gasteiger partial charge on any atom is -0.495 e. The summed E-state index contributed by atoms with van der Waals surface area (Å²) in [4.78, 5) is 33.8. The summed E-state index contributed by atoms with van der Waals surface area (Å²) < 4.78 is 5.28. The topological polar surface area (TPSA) is 84.1 Å². The molecule has 2 N–H and O–H groups in total. The molecule has 8 heteroatoms. The summed E-state index contributed by atoms with van der Waals surface area (Å²) >= 11 is 7.40. The number of benzene rings is 2. The van der Waals surface area contributed by atoms with Crippen molar-refractivity contribution in [2.45, 2.75) is 6.92 Å². The maximum absolute atomic E-state index is 12.9. The van der Waals surface area contributed by atoms with Crippen molar-refractivity contribution in [2.75, 3.05) is 12.4 Å². The van der Waals surface area contributed by atoms with Crippen LogP contribution in [0.4, 0.5) is 5.69 Å². The number of hydrogen-bond acceptors (Lipinski definition) is 5. The number of H-pyrrole nitrogens is 1. The van der Waals surface area contributed by atoms with Gasteiger partial charge in [-0.2, -0.15) is 0 Å². The second-order valence-electron chi connectivity index (χ2n) is 6.29. The Morgan fingerprint density at radius 1 is 1.17 bits per heavy atom. The lowest BCUT2D eigenvalue weighted by Crippen LogP contribution is -2.13. The summed E-state index contributed by atoms with van der Waals surface area (Å²) in [5.41, 5.74) is 1.45. The molecule has 0 atom stereocenters. The zero-order chi connectivity index (χ0) is 20.5. The first-order chi connectivity index (χ1) is 14.0. The molecule has 0 aliphatic heterocycles. The molecule has 0 aliphatic carbocycles. The van der Waals surface area contributed by atoms with Crippen LogP contribution in [0.15, 0.2) is 53.3 Å². The number of carbonyl (C=O) groups is 1. The van der Waals surface area contributed by atoms with Gasteiger partial charge >= 0.3 is 0 Å². The van der Waals surface area contributed by atoms with E-state index >= 15 is 0 Å². The van der Waals surface area contributed by atoms with Crippen molar-refractivity contribution >= 4 is 44.7 Å². The standard InChI is InChI=1S/C21H16ClN3O3S/c1-11-16-19(26)24-18(12-7-3-4-8-13(12)22)25-21(16)29-17(11)20(27)23-14-9-5-6-10-15(14)28-2/h3-10H,1-2H3,(H,23,27)(H,24,25,26). The van der Waals surface area contributed by atoms with Gasteiger partial charge in [-0.3, -0.25) is 9.59 Å². The molecule has 2 aromatic heterocycles. The second kappa shape index (κ2) is 7.69. The van der Waals surface area contributed by atoms with Gasteiger partial charge in [0.1, 0.15) is 16.4 Å². The van der Waals surface area contributed by atoms with Gasteiger partial charge in [-0.05, 0) is 36.8 Å². The maximum Gasteiger partial charge on any atom is 0.266 e. The number of amides is 1. The van der Waals surface area contributed by atoms with Crippen LogP contribution in [0.3, 0.4) is 0 Å². The Bertz CT molecular complexity index is 1300. The Morgan fingerprint density at radius 2 is 1.90 bits per heavy atom. The third-order valence-electron chi connectivity index (χ3n) is 4.49. The highest BCUT2D eigenvalue weighted by atomic mass is 35.5. The highest BCUT2D eigenvalue weighted by Gasteiger charge is 2.21. The van der Waals surface area contributed by atoms with Crippen molar-refractivity contribution in [3.8, 4) is 17.1 Å². The maximum atomic E-state index is 12.9. The van der Waals surface area contributed by atoms with Crippen molar-refractivity contribution in [2.24, 2.45) is 0 Å². The van der Waals surface area contributed by atoms with Gasteiger partial charge in [0.2, 0.25) is 0 Å². The van der Waals surface area contributed by atoms with Crippen LogP contribution in [0.1, 0.15) is 15.2 Å². The van der Waals surface area contributed by atoms with Crippen LogP contribution in [0.5, 0.6) is 5.75 Å². The molecule has 0 radical (unpaired) electrons. The van der Waals surface area contributed by atoms with Crippen LogP contribution in [-0.2, 0) is 0 Å². The summed E-state index contributed by atoms with van der Waals surface area (Å²) in [6, 6.07) is 14.3. The van der Waals surface area contributed by atoms with E-state index in [0.29, 0.717) is 48.5 Å². The number of aryl methyl sites for hydroxylation is 1. The average molecular weight is 426 g/mol. The highest BCUT2D eigenvalue weighted by molar-refractivity contribution is 7.20. The number of anilines is 1. The molecule has 0 unspecified atom stereocenters. The first kappa shape index (κ1) is 19.2. The van der Waals surface area contributed by atoms with E-state index in [2.05, 4.69) is 15.3 Å². The van der Waals surface area contributed by atoms with Crippen LogP contribution < -0.4 is 15.6 Å². The van der Waals surface area contributed by atoms with Gasteiger partial charge in [0.25, 0.3) is 11.5 Å². The summed E-state index contributed by atoms with van der Waals surface area (Å²) in [7, 11) is 1.54. The number of carbonyl (C=O) groups excluding carboxylic acids is 1. The van der Waals surface area contributed by atoms with E-state index < -0.39 is 0 Å². The molecule has 0 fully saturated rings. The number of halogens is 1. The zero-order valence-corrected chi connectivity index (χ0v) is 17.1. The third-order valence-corrected chi connectivity index (χ3v) is 6.00. The number of nitrogens with one attached hydrogen (secondary N) is 2. The van der Waals surface area contributed by atoms with Gasteiger partial charge in [0.15, 0.2) is 0 Å². The number of rotatable bonds is 4. The summed E-state index contributed by atoms with van der Waals surface area (Å²) in [6.45, 7) is 1.74. The Labute approximate surface area is 175 Å². The summed E-state index contributed by atoms with van der Waals surface area (Å²) in [6.07, 6.45) is 0. The number of ether oxygens (including phenoxy) is 1. The normalized spacial score (nSPS) is 10.9. The highest BCUT2D eigenvalue weighted by Crippen LogP contribution is 2.32. The molecule has 0 bridgehead atoms. The van der Waals surface area contributed by atoms with Crippen LogP contribution >= 0.6 is 22.9 Å². The van der Waals surface area contributed by atoms with Crippen molar-refractivity contribution in [3.05, 3.63) is 74.3 Å². The fraction of sp³-hybridized carbons (Fsp3) is 0.0952. The van der Waals surface area contributed by atoms with Crippen LogP contribution in [0.25, 0.3) is 21.6 Å². The number of aromatic nitrogens is 2. The van der Waals surface area contributed by atoms with E-state index in [1.54, 1.807) is 43.3 Å². The van der Waals surface area contributed by atoms with E-state index in [-0.39, 0.29) is 11.5 Å². The van der Waals surface area contributed by atoms with Gasteiger partial charge in [-0.15, -0.1) is 11.3 Å². The molecule has 146 valence electrons. The lowest BCUT2D eigenvalue weighted by atomic mass is 10.2. The number of hydrogen-bond donors (Lipinski definition) is 2.